The van der Waals surface area contributed by atoms with Crippen molar-refractivity contribution in [2.24, 2.45) is 71.0 Å². The molecule has 0 unspecified atom stereocenters. The first-order valence-electron chi connectivity index (χ1n) is 42.6. The van der Waals surface area contributed by atoms with E-state index < -0.39 is 36.3 Å². The van der Waals surface area contributed by atoms with Gasteiger partial charge < -0.3 is 5.11 Å². The zero-order valence-electron chi connectivity index (χ0n) is 75.0. The molecule has 0 aliphatic carbocycles. The lowest BCUT2D eigenvalue weighted by Gasteiger charge is -2.02. The Balaban J connectivity index is -0.0000000773. The molecule has 0 aromatic heterocycles. The average Bonchev–Trinajstić information content (AvgIpc) is 1.15. The second-order valence-corrected chi connectivity index (χ2v) is 38.2. The van der Waals surface area contributed by atoms with Crippen LogP contribution >= 0.6 is 0 Å². The normalized spacial score (nSPS) is 10.9. The Morgan fingerprint density at radius 2 is 0.412 bits per heavy atom. The minimum atomic E-state index is -3.72. The molecule has 636 valence electrons. The molecule has 0 aliphatic heterocycles. The molecular weight excluding hydrogens is 1330 g/mol. The highest BCUT2D eigenvalue weighted by atomic mass is 32.2. The summed E-state index contributed by atoms with van der Waals surface area (Å²) in [5.74, 6) is 7.62. The van der Waals surface area contributed by atoms with E-state index in [1.165, 1.54) is 205 Å². The van der Waals surface area contributed by atoms with Crippen molar-refractivity contribution >= 4 is 36.3 Å². The second-order valence-electron chi connectivity index (χ2n) is 33.6. The van der Waals surface area contributed by atoms with E-state index in [0.29, 0.717) is 24.7 Å². The summed E-state index contributed by atoms with van der Waals surface area (Å²) >= 11 is 0. The summed E-state index contributed by atoms with van der Waals surface area (Å²) in [6, 6.07) is 0. The predicted octanol–water partition coefficient (Wildman–Crippen LogP) is 31.5. The van der Waals surface area contributed by atoms with Gasteiger partial charge in [-0.15, -0.1) is 0 Å². The van der Waals surface area contributed by atoms with Crippen molar-refractivity contribution in [1.29, 1.82) is 0 Å². The first kappa shape index (κ1) is 131. The monoisotopic (exact) mass is 1530 g/mol. The number of hydrogen-bond acceptors (Lipinski definition) is 7. The largest absolute Gasteiger partial charge is 0.481 e. The van der Waals surface area contributed by atoms with Crippen molar-refractivity contribution in [3.8, 4) is 0 Å². The topological polar surface area (TPSA) is 200 Å². The highest BCUT2D eigenvalue weighted by Crippen LogP contribution is 2.14. The smallest absolute Gasteiger partial charge is 0.303 e. The number of carboxylic acids is 1. The van der Waals surface area contributed by atoms with Gasteiger partial charge in [-0.25, -0.2) is 0 Å². The van der Waals surface area contributed by atoms with Gasteiger partial charge in [0.25, 0.3) is 30.4 Å². The highest BCUT2D eigenvalue weighted by Gasteiger charge is 2.07. The summed E-state index contributed by atoms with van der Waals surface area (Å²) in [7, 11) is -11.2. The fourth-order valence-electron chi connectivity index (χ4n) is 9.12. The van der Waals surface area contributed by atoms with Crippen LogP contribution in [0.2, 0.25) is 0 Å². The van der Waals surface area contributed by atoms with Crippen molar-refractivity contribution in [3.63, 3.8) is 0 Å². The summed E-state index contributed by atoms with van der Waals surface area (Å²) in [5.41, 5.74) is 0. The maximum Gasteiger partial charge on any atom is 0.303 e. The van der Waals surface area contributed by atoms with Gasteiger partial charge in [0, 0.05) is 6.42 Å². The van der Waals surface area contributed by atoms with Crippen molar-refractivity contribution in [2.75, 3.05) is 17.3 Å². The van der Waals surface area contributed by atoms with Crippen LogP contribution in [0, 0.1) is 71.0 Å². The van der Waals surface area contributed by atoms with Crippen LogP contribution < -0.4 is 0 Å². The van der Waals surface area contributed by atoms with Gasteiger partial charge in [0.15, 0.2) is 0 Å². The molecule has 4 N–H and O–H groups in total. The van der Waals surface area contributed by atoms with Crippen molar-refractivity contribution in [1.82, 2.24) is 0 Å². The molecule has 0 aromatic carbocycles. The van der Waals surface area contributed by atoms with Crippen LogP contribution in [0.25, 0.3) is 0 Å². The van der Waals surface area contributed by atoms with E-state index >= 15 is 0 Å². The third kappa shape index (κ3) is 232. The van der Waals surface area contributed by atoms with Gasteiger partial charge in [0.05, 0.1) is 17.3 Å². The van der Waals surface area contributed by atoms with Crippen LogP contribution in [0.1, 0.15) is 479 Å². The third-order valence-electron chi connectivity index (χ3n) is 15.0. The van der Waals surface area contributed by atoms with E-state index in [1.807, 2.05) is 27.7 Å². The first-order valence-corrected chi connectivity index (χ1v) is 47.4. The second kappa shape index (κ2) is 102. The zero-order valence-corrected chi connectivity index (χ0v) is 77.4. The van der Waals surface area contributed by atoms with Crippen LogP contribution in [0.3, 0.4) is 0 Å². The van der Waals surface area contributed by atoms with E-state index in [1.54, 1.807) is 13.8 Å². The molecule has 0 spiro atoms. The van der Waals surface area contributed by atoms with Crippen LogP contribution in [0.4, 0.5) is 0 Å². The summed E-state index contributed by atoms with van der Waals surface area (Å²) in [4.78, 5) is 9.81. The van der Waals surface area contributed by atoms with E-state index in [-0.39, 0.29) is 42.9 Å². The third-order valence-corrected chi connectivity index (χ3v) is 17.7. The van der Waals surface area contributed by atoms with Gasteiger partial charge in [0.1, 0.15) is 0 Å². The molecule has 14 heteroatoms. The SMILES string of the molecule is C.CC(C)CC(=O)O.CC(C)CCCCCS(=O)(=O)O.CC(C)CCCS(=O)(=O)O.CC(C)CS(=O)(=O)O.CCCC(C)C.CCCC(C)C.CCCCC(C)C.CCCCCC(C)C.CCCCCC(C)C.CCCCCCC(C)C.CCCCCCCC(C)C.CCCCCCCC(C)C. The Kier molecular flexibility index (Phi) is 131. The van der Waals surface area contributed by atoms with E-state index in [2.05, 4.69) is 180 Å². The molecule has 0 amide bonds. The Morgan fingerprint density at radius 1 is 0.225 bits per heavy atom. The van der Waals surface area contributed by atoms with Gasteiger partial charge in [-0.2, -0.15) is 25.3 Å². The molecule has 0 atom stereocenters. The Hall–Kier alpha value is -0.800. The minimum absolute atomic E-state index is 0. The lowest BCUT2D eigenvalue weighted by molar-refractivity contribution is -0.137. The van der Waals surface area contributed by atoms with Crippen LogP contribution in [-0.2, 0) is 35.1 Å². The molecule has 0 saturated heterocycles. The van der Waals surface area contributed by atoms with Crippen molar-refractivity contribution < 1.29 is 48.8 Å². The highest BCUT2D eigenvalue weighted by molar-refractivity contribution is 7.86. The van der Waals surface area contributed by atoms with Crippen molar-refractivity contribution in [3.05, 3.63) is 0 Å². The number of aliphatic carboxylic acids is 1. The zero-order chi connectivity index (χ0) is 81.7. The minimum Gasteiger partial charge on any atom is -0.481 e. The van der Waals surface area contributed by atoms with E-state index in [9.17, 15) is 30.0 Å². The molecule has 11 nitrogen and oxygen atoms in total. The van der Waals surface area contributed by atoms with Gasteiger partial charge in [-0.05, 0) is 90.3 Å². The predicted molar refractivity (Wildman–Crippen MR) is 467 cm³/mol. The molecule has 0 fully saturated rings. The number of hydrogen-bond donors (Lipinski definition) is 4. The summed E-state index contributed by atoms with van der Waals surface area (Å²) in [6.07, 6.45) is 50.3. The quantitative estimate of drug-likeness (QED) is 0.0334. The van der Waals surface area contributed by atoms with Gasteiger partial charge in [-0.1, -0.05) is 454 Å². The summed E-state index contributed by atoms with van der Waals surface area (Å²) in [6.45, 7) is 70.0. The summed E-state index contributed by atoms with van der Waals surface area (Å²) < 4.78 is 85.8. The molecule has 0 bridgehead atoms. The lowest BCUT2D eigenvalue weighted by Crippen LogP contribution is -2.09. The molecule has 0 rings (SSSR count). The molecule has 0 aromatic rings. The van der Waals surface area contributed by atoms with Crippen LogP contribution in [0.5, 0.6) is 0 Å². The first-order chi connectivity index (χ1) is 46.5. The number of unbranched alkanes of at least 4 members (excludes halogenated alkanes) is 18. The molecule has 0 radical (unpaired) electrons. The Labute approximate surface area is 648 Å². The molecular formula is C88H200O11S3. The average molecular weight is 1530 g/mol. The summed E-state index contributed by atoms with van der Waals surface area (Å²) in [5, 5.41) is 8.08. The van der Waals surface area contributed by atoms with E-state index in [0.717, 1.165) is 73.0 Å². The maximum absolute atomic E-state index is 10.3. The van der Waals surface area contributed by atoms with Gasteiger partial charge in [-0.3, -0.25) is 18.5 Å². The standard InChI is InChI=1S/2C10H22.C9H20.C8H18O3S.2C8H18.C7H16.C6H14O3S.2C6H14.C5H10O2.C4H10O3S.CH4/c2*1-4-5-6-7-8-9-10(2)3;1-4-5-6-7-8-9(2)3;1-8(2)6-4-3-5-7-12(9,10)11;2*1-4-5-6-7-8(2)3;1-4-5-6-7(2)3;1-6(2)4-3-5-10(7,8)9;2*1-4-5-6(2)3;1-4(2)3-5(6)7;1-4(2)3-8(5,6)7;/h2*10H,4-9H2,1-3H3;9H,4-8H2,1-3H3;8H,3-7H2,1-2H3,(H,9,10,11);2*8H,4-7H2,1-3H3;7H,4-6H2,1-3H3;6H,3-5H2,1-2H3,(H,7,8,9);2*6H,4-5H2,1-3H3;4H,3H2,1-2H3,(H,6,7);4H,3H2,1-2H3,(H,5,6,7);1H4. The fourth-order valence-corrected chi connectivity index (χ4v) is 11.1. The maximum atomic E-state index is 10.3. The van der Waals surface area contributed by atoms with E-state index in [4.69, 9.17) is 18.8 Å². The number of carboxylic acid groups (broad SMARTS) is 1. The van der Waals surface area contributed by atoms with Crippen LogP contribution in [0.15, 0.2) is 0 Å². The molecule has 0 saturated carbocycles. The Bertz CT molecular complexity index is 1730. The van der Waals surface area contributed by atoms with Gasteiger partial charge >= 0.3 is 5.97 Å². The van der Waals surface area contributed by atoms with Crippen molar-refractivity contribution in [2.45, 2.75) is 479 Å². The lowest BCUT2D eigenvalue weighted by atomic mass is 10.0. The fraction of sp³-hybridized carbons (Fsp3) is 0.989. The number of rotatable bonds is 46. The molecule has 0 heterocycles. The van der Waals surface area contributed by atoms with Crippen LogP contribution in [-0.4, -0.2) is 67.2 Å². The molecule has 0 aliphatic rings. The Morgan fingerprint density at radius 3 is 0.559 bits per heavy atom. The van der Waals surface area contributed by atoms with Gasteiger partial charge in [0.2, 0.25) is 0 Å². The molecule has 102 heavy (non-hydrogen) atoms. The number of carbonyl (C=O) groups is 1.